The van der Waals surface area contributed by atoms with Crippen LogP contribution in [0.15, 0.2) is 70.6 Å². The van der Waals surface area contributed by atoms with Gasteiger partial charge in [-0.05, 0) is 54.0 Å². The number of hydrogen-bond acceptors (Lipinski definition) is 6. The molecule has 9 heteroatoms. The van der Waals surface area contributed by atoms with Crippen molar-refractivity contribution in [1.82, 2.24) is 14.1 Å². The first kappa shape index (κ1) is 25.8. The highest BCUT2D eigenvalue weighted by molar-refractivity contribution is 7.88. The summed E-state index contributed by atoms with van der Waals surface area (Å²) in [5.41, 5.74) is 5.15. The molecule has 1 fully saturated rings. The van der Waals surface area contributed by atoms with Gasteiger partial charge < -0.3 is 5.21 Å². The Morgan fingerprint density at radius 3 is 2.33 bits per heavy atom. The molecule has 4 rings (SSSR count). The lowest BCUT2D eigenvalue weighted by molar-refractivity contribution is 0.317. The third kappa shape index (κ3) is 5.74. The Balaban J connectivity index is 1.62. The summed E-state index contributed by atoms with van der Waals surface area (Å²) in [6.45, 7) is 3.15. The van der Waals surface area contributed by atoms with E-state index in [-0.39, 0.29) is 11.5 Å². The zero-order valence-electron chi connectivity index (χ0n) is 20.8. The van der Waals surface area contributed by atoms with Gasteiger partial charge in [-0.1, -0.05) is 53.7 Å². The quantitative estimate of drug-likeness (QED) is 0.298. The van der Waals surface area contributed by atoms with Gasteiger partial charge in [-0.3, -0.25) is 4.79 Å². The van der Waals surface area contributed by atoms with Gasteiger partial charge in [0.2, 0.25) is 10.0 Å². The summed E-state index contributed by atoms with van der Waals surface area (Å²) in [6.07, 6.45) is 3.27. The number of nitrogens with zero attached hydrogens (tertiary/aromatic N) is 4. The van der Waals surface area contributed by atoms with Crippen LogP contribution < -0.4 is 5.56 Å². The summed E-state index contributed by atoms with van der Waals surface area (Å²) in [6, 6.07) is 19.6. The smallest absolute Gasteiger partial charge is 0.266 e. The van der Waals surface area contributed by atoms with Crippen molar-refractivity contribution in [3.05, 3.63) is 99.0 Å². The minimum atomic E-state index is -3.15. The van der Waals surface area contributed by atoms with Crippen LogP contribution in [-0.2, 0) is 17.1 Å². The molecule has 1 aromatic heterocycles. The molecule has 1 aliphatic heterocycles. The molecule has 2 heterocycles. The zero-order chi connectivity index (χ0) is 25.9. The second-order valence-corrected chi connectivity index (χ2v) is 11.4. The number of hydrogen-bond donors (Lipinski definition) is 1. The number of rotatable bonds is 7. The molecule has 0 radical (unpaired) electrons. The van der Waals surface area contributed by atoms with Gasteiger partial charge in [0, 0.05) is 38.5 Å². The summed E-state index contributed by atoms with van der Waals surface area (Å²) in [4.78, 5) is 11.8. The summed E-state index contributed by atoms with van der Waals surface area (Å²) in [7, 11) is -1.58. The van der Waals surface area contributed by atoms with E-state index in [4.69, 9.17) is 0 Å². The van der Waals surface area contributed by atoms with E-state index >= 15 is 0 Å². The molecule has 1 saturated heterocycles. The highest BCUT2D eigenvalue weighted by atomic mass is 32.2. The van der Waals surface area contributed by atoms with E-state index in [9.17, 15) is 18.4 Å². The van der Waals surface area contributed by atoms with Gasteiger partial charge in [0.1, 0.15) is 11.4 Å². The molecule has 1 aliphatic rings. The molecule has 0 spiro atoms. The largest absolute Gasteiger partial charge is 0.411 e. The second kappa shape index (κ2) is 10.8. The minimum Gasteiger partial charge on any atom is -0.411 e. The minimum absolute atomic E-state index is 0.0859. The van der Waals surface area contributed by atoms with Crippen molar-refractivity contribution >= 4 is 15.7 Å². The van der Waals surface area contributed by atoms with Gasteiger partial charge in [0.15, 0.2) is 0 Å². The molecule has 3 aromatic rings. The van der Waals surface area contributed by atoms with E-state index in [0.717, 1.165) is 29.5 Å². The lowest BCUT2D eigenvalue weighted by Gasteiger charge is -2.30. The monoisotopic (exact) mass is 508 g/mol. The van der Waals surface area contributed by atoms with E-state index in [1.165, 1.54) is 22.6 Å². The fourth-order valence-corrected chi connectivity index (χ4v) is 5.83. The van der Waals surface area contributed by atoms with Crippen LogP contribution >= 0.6 is 0 Å². The topological polar surface area (TPSA) is 105 Å². The predicted octanol–water partition coefficient (Wildman–Crippen LogP) is 3.63. The fraction of sp³-hybridized carbons (Fsp3) is 0.370. The molecule has 1 atom stereocenters. The lowest BCUT2D eigenvalue weighted by atomic mass is 9.82. The summed E-state index contributed by atoms with van der Waals surface area (Å²) < 4.78 is 26.5. The van der Waals surface area contributed by atoms with Crippen LogP contribution in [-0.4, -0.2) is 52.8 Å². The lowest BCUT2D eigenvalue weighted by Crippen LogP contribution is -2.37. The van der Waals surface area contributed by atoms with Crippen molar-refractivity contribution in [2.24, 2.45) is 12.2 Å². The molecule has 8 nitrogen and oxygen atoms in total. The molecule has 1 unspecified atom stereocenters. The maximum absolute atomic E-state index is 11.8. The van der Waals surface area contributed by atoms with Crippen molar-refractivity contribution in [3.8, 4) is 0 Å². The normalized spacial score (nSPS) is 16.7. The first-order valence-electron chi connectivity index (χ1n) is 12.0. The highest BCUT2D eigenvalue weighted by Gasteiger charge is 2.26. The Morgan fingerprint density at radius 1 is 1.08 bits per heavy atom. The highest BCUT2D eigenvalue weighted by Crippen LogP contribution is 2.34. The molecular weight excluding hydrogens is 476 g/mol. The van der Waals surface area contributed by atoms with Crippen LogP contribution in [0.1, 0.15) is 59.0 Å². The van der Waals surface area contributed by atoms with E-state index in [1.54, 1.807) is 17.4 Å². The Labute approximate surface area is 211 Å². The van der Waals surface area contributed by atoms with Gasteiger partial charge in [-0.15, -0.1) is 0 Å². The molecule has 190 valence electrons. The number of aromatic nitrogens is 2. The fourth-order valence-electron chi connectivity index (χ4n) is 4.95. The third-order valence-corrected chi connectivity index (χ3v) is 8.37. The summed E-state index contributed by atoms with van der Waals surface area (Å²) >= 11 is 0. The molecule has 0 bridgehead atoms. The maximum Gasteiger partial charge on any atom is 0.266 e. The molecule has 2 aromatic carbocycles. The average Bonchev–Trinajstić information content (AvgIpc) is 2.87. The predicted molar refractivity (Wildman–Crippen MR) is 140 cm³/mol. The molecular formula is C27H32N4O4S. The zero-order valence-corrected chi connectivity index (χ0v) is 21.6. The number of sulfonamides is 1. The van der Waals surface area contributed by atoms with Crippen molar-refractivity contribution in [1.29, 1.82) is 0 Å². The molecule has 0 amide bonds. The van der Waals surface area contributed by atoms with Crippen LogP contribution in [0.4, 0.5) is 0 Å². The standard InChI is InChI=1S/C27H32N4O4S/c1-19-6-4-5-7-23(19)24(18-26(29-33)25-12-13-27(32)30(2)28-25)22-10-8-20(9-11-22)21-14-16-31(17-15-21)36(3,34)35/h4-13,21,24,33H,14-18H2,1-3H3. The number of benzene rings is 2. The number of oxime groups is 1. The van der Waals surface area contributed by atoms with Crippen molar-refractivity contribution < 1.29 is 13.6 Å². The van der Waals surface area contributed by atoms with Crippen LogP contribution in [0.25, 0.3) is 0 Å². The Hall–Kier alpha value is -3.30. The Morgan fingerprint density at radius 2 is 1.75 bits per heavy atom. The van der Waals surface area contributed by atoms with Crippen LogP contribution in [0.5, 0.6) is 0 Å². The van der Waals surface area contributed by atoms with Crippen LogP contribution in [0.3, 0.4) is 0 Å². The number of aryl methyl sites for hydroxylation is 2. The van der Waals surface area contributed by atoms with Gasteiger partial charge >= 0.3 is 0 Å². The van der Waals surface area contributed by atoms with E-state index in [2.05, 4.69) is 53.6 Å². The molecule has 0 aliphatic carbocycles. The summed E-state index contributed by atoms with van der Waals surface area (Å²) in [5.74, 6) is 0.232. The van der Waals surface area contributed by atoms with E-state index < -0.39 is 10.0 Å². The number of piperidine rings is 1. The van der Waals surface area contributed by atoms with Crippen molar-refractivity contribution in [2.45, 2.75) is 38.0 Å². The average molecular weight is 509 g/mol. The first-order chi connectivity index (χ1) is 17.2. The second-order valence-electron chi connectivity index (χ2n) is 9.44. The Bertz CT molecular complexity index is 1410. The van der Waals surface area contributed by atoms with Crippen molar-refractivity contribution in [3.63, 3.8) is 0 Å². The van der Waals surface area contributed by atoms with Gasteiger partial charge in [0.05, 0.1) is 6.26 Å². The molecule has 1 N–H and O–H groups in total. The summed E-state index contributed by atoms with van der Waals surface area (Å²) in [5, 5.41) is 17.7. The van der Waals surface area contributed by atoms with Gasteiger partial charge in [-0.25, -0.2) is 17.4 Å². The first-order valence-corrected chi connectivity index (χ1v) is 13.9. The maximum atomic E-state index is 11.8. The van der Waals surface area contributed by atoms with E-state index in [1.807, 2.05) is 12.1 Å². The SMILES string of the molecule is Cc1ccccc1C(CC(=NO)c1ccc(=O)n(C)n1)c1ccc(C2CCN(S(C)(=O)=O)CC2)cc1. The molecule has 36 heavy (non-hydrogen) atoms. The van der Waals surface area contributed by atoms with E-state index in [0.29, 0.717) is 36.8 Å². The molecule has 0 saturated carbocycles. The van der Waals surface area contributed by atoms with Crippen LogP contribution in [0.2, 0.25) is 0 Å². The third-order valence-electron chi connectivity index (χ3n) is 7.07. The van der Waals surface area contributed by atoms with Crippen molar-refractivity contribution in [2.75, 3.05) is 19.3 Å². The Kier molecular flexibility index (Phi) is 7.70. The van der Waals surface area contributed by atoms with Crippen LogP contribution in [0, 0.1) is 6.92 Å². The van der Waals surface area contributed by atoms with Gasteiger partial charge in [-0.2, -0.15) is 5.10 Å². The van der Waals surface area contributed by atoms with Gasteiger partial charge in [0.25, 0.3) is 5.56 Å².